The first-order valence-corrected chi connectivity index (χ1v) is 11.4. The first kappa shape index (κ1) is 24.4. The molecule has 0 saturated carbocycles. The Kier molecular flexibility index (Phi) is 8.05. The summed E-state index contributed by atoms with van der Waals surface area (Å²) in [6.45, 7) is 3.28. The van der Waals surface area contributed by atoms with Crippen LogP contribution in [0.4, 0.5) is 5.69 Å². The molecule has 168 valence electrons. The second-order valence-corrected chi connectivity index (χ2v) is 9.34. The van der Waals surface area contributed by atoms with E-state index in [0.717, 1.165) is 0 Å². The highest BCUT2D eigenvalue weighted by Crippen LogP contribution is 2.38. The van der Waals surface area contributed by atoms with Crippen molar-refractivity contribution >= 4 is 75.1 Å². The van der Waals surface area contributed by atoms with Gasteiger partial charge >= 0.3 is 5.97 Å². The molecule has 0 aliphatic carbocycles. The minimum Gasteiger partial charge on any atom is -0.493 e. The van der Waals surface area contributed by atoms with Crippen molar-refractivity contribution in [3.05, 3.63) is 56.9 Å². The molecule has 2 aromatic rings. The molecule has 1 fully saturated rings. The first-order valence-electron chi connectivity index (χ1n) is 9.43. The topological polar surface area (TPSA) is 65.1 Å². The van der Waals surface area contributed by atoms with Crippen molar-refractivity contribution in [3.63, 3.8) is 0 Å². The zero-order valence-corrected chi connectivity index (χ0v) is 20.5. The zero-order valence-electron chi connectivity index (χ0n) is 17.4. The lowest BCUT2D eigenvalue weighted by atomic mass is 10.2. The highest BCUT2D eigenvalue weighted by Gasteiger charge is 2.33. The van der Waals surface area contributed by atoms with E-state index in [1.807, 2.05) is 0 Å². The van der Waals surface area contributed by atoms with Crippen LogP contribution in [0, 0.1) is 0 Å². The van der Waals surface area contributed by atoms with Crippen LogP contribution in [0.1, 0.15) is 19.4 Å². The van der Waals surface area contributed by atoms with E-state index in [2.05, 4.69) is 0 Å². The van der Waals surface area contributed by atoms with Crippen molar-refractivity contribution in [2.75, 3.05) is 18.6 Å². The molecule has 1 amide bonds. The summed E-state index contributed by atoms with van der Waals surface area (Å²) in [7, 11) is 1.49. The molecule has 32 heavy (non-hydrogen) atoms. The van der Waals surface area contributed by atoms with E-state index >= 15 is 0 Å². The number of hydrogen-bond donors (Lipinski definition) is 0. The number of thiocarbonyl (C=S) groups is 1. The smallest absolute Gasteiger partial charge is 0.344 e. The van der Waals surface area contributed by atoms with E-state index in [1.54, 1.807) is 56.3 Å². The van der Waals surface area contributed by atoms with E-state index in [1.165, 1.54) is 23.8 Å². The number of nitrogens with zero attached hydrogens (tertiary/aromatic N) is 1. The number of halogens is 2. The summed E-state index contributed by atoms with van der Waals surface area (Å²) in [5, 5.41) is 0.725. The molecule has 1 aliphatic heterocycles. The number of rotatable bonds is 7. The molecule has 1 heterocycles. The molecule has 0 unspecified atom stereocenters. The highest BCUT2D eigenvalue weighted by atomic mass is 35.5. The van der Waals surface area contributed by atoms with E-state index in [-0.39, 0.29) is 18.6 Å². The van der Waals surface area contributed by atoms with Crippen molar-refractivity contribution < 1.29 is 23.8 Å². The summed E-state index contributed by atoms with van der Waals surface area (Å²) in [4.78, 5) is 26.5. The van der Waals surface area contributed by atoms with Crippen molar-refractivity contribution in [1.29, 1.82) is 0 Å². The van der Waals surface area contributed by atoms with Gasteiger partial charge in [-0.15, -0.1) is 0 Å². The molecule has 6 nitrogen and oxygen atoms in total. The minimum absolute atomic E-state index is 0.224. The average molecular weight is 512 g/mol. The third-order valence-corrected chi connectivity index (χ3v) is 6.19. The Morgan fingerprint density at radius 1 is 1.16 bits per heavy atom. The number of esters is 1. The fourth-order valence-corrected chi connectivity index (χ4v) is 4.38. The summed E-state index contributed by atoms with van der Waals surface area (Å²) < 4.78 is 16.3. The number of benzene rings is 2. The van der Waals surface area contributed by atoms with Gasteiger partial charge < -0.3 is 14.2 Å². The van der Waals surface area contributed by atoms with Gasteiger partial charge in [0, 0.05) is 0 Å². The molecule has 0 radical (unpaired) electrons. The van der Waals surface area contributed by atoms with Gasteiger partial charge in [-0.1, -0.05) is 53.2 Å². The summed E-state index contributed by atoms with van der Waals surface area (Å²) in [6, 6.07) is 10.00. The molecule has 10 heteroatoms. The number of amides is 1. The van der Waals surface area contributed by atoms with Crippen LogP contribution in [0.3, 0.4) is 0 Å². The molecule has 0 N–H and O–H groups in total. The van der Waals surface area contributed by atoms with Gasteiger partial charge in [0.15, 0.2) is 22.4 Å². The fourth-order valence-electron chi connectivity index (χ4n) is 2.79. The first-order chi connectivity index (χ1) is 15.2. The number of carbonyl (C=O) groups is 2. The molecule has 0 aromatic heterocycles. The largest absolute Gasteiger partial charge is 0.493 e. The van der Waals surface area contributed by atoms with Crippen LogP contribution >= 0.6 is 47.2 Å². The average Bonchev–Trinajstić information content (AvgIpc) is 3.01. The van der Waals surface area contributed by atoms with Crippen molar-refractivity contribution in [3.8, 4) is 11.5 Å². The Morgan fingerprint density at radius 2 is 1.91 bits per heavy atom. The number of carbonyl (C=O) groups excluding carboxylic acids is 2. The van der Waals surface area contributed by atoms with Crippen molar-refractivity contribution in [2.45, 2.75) is 20.0 Å². The zero-order chi connectivity index (χ0) is 23.4. The van der Waals surface area contributed by atoms with E-state index in [4.69, 9.17) is 49.6 Å². The van der Waals surface area contributed by atoms with Gasteiger partial charge in [-0.25, -0.2) is 4.79 Å². The van der Waals surface area contributed by atoms with Gasteiger partial charge in [0.05, 0.1) is 33.9 Å². The summed E-state index contributed by atoms with van der Waals surface area (Å²) in [6.07, 6.45) is 1.48. The second-order valence-electron chi connectivity index (χ2n) is 6.85. The maximum atomic E-state index is 13.0. The lowest BCUT2D eigenvalue weighted by molar-refractivity contribution is -0.149. The number of methoxy groups -OCH3 is 1. The normalized spacial score (nSPS) is 14.9. The van der Waals surface area contributed by atoms with Gasteiger partial charge in [0.25, 0.3) is 5.91 Å². The molecule has 3 rings (SSSR count). The molecule has 1 aliphatic rings. The third kappa shape index (κ3) is 5.75. The number of thioether (sulfide) groups is 1. The summed E-state index contributed by atoms with van der Waals surface area (Å²) >= 11 is 18.6. The van der Waals surface area contributed by atoms with Gasteiger partial charge in [-0.2, -0.15) is 0 Å². The number of anilines is 1. The van der Waals surface area contributed by atoms with Crippen LogP contribution in [0.2, 0.25) is 10.0 Å². The van der Waals surface area contributed by atoms with E-state index in [9.17, 15) is 9.59 Å². The van der Waals surface area contributed by atoms with Crippen LogP contribution in [-0.4, -0.2) is 36.0 Å². The number of ether oxygens (including phenoxy) is 3. The lowest BCUT2D eigenvalue weighted by Crippen LogP contribution is -2.27. The van der Waals surface area contributed by atoms with E-state index < -0.39 is 5.97 Å². The quantitative estimate of drug-likeness (QED) is 0.266. The van der Waals surface area contributed by atoms with Gasteiger partial charge in [0.2, 0.25) is 0 Å². The summed E-state index contributed by atoms with van der Waals surface area (Å²) in [5.41, 5.74) is 1.24. The molecular weight excluding hydrogens is 493 g/mol. The predicted octanol–water partition coefficient (Wildman–Crippen LogP) is 5.74. The Morgan fingerprint density at radius 3 is 2.56 bits per heavy atom. The molecule has 0 atom stereocenters. The van der Waals surface area contributed by atoms with Crippen LogP contribution in [-0.2, 0) is 14.3 Å². The minimum atomic E-state index is -0.475. The highest BCUT2D eigenvalue weighted by molar-refractivity contribution is 8.27. The molecular formula is C22H19Cl2NO5S2. The predicted molar refractivity (Wildman–Crippen MR) is 132 cm³/mol. The van der Waals surface area contributed by atoms with Crippen LogP contribution < -0.4 is 14.4 Å². The van der Waals surface area contributed by atoms with Crippen LogP contribution in [0.5, 0.6) is 11.5 Å². The van der Waals surface area contributed by atoms with Gasteiger partial charge in [-0.05, 0) is 55.8 Å². The molecule has 0 bridgehead atoms. The Labute approximate surface area is 205 Å². The standard InChI is InChI=1S/C22H19Cl2NO5S2/c1-12(2)30-20(26)11-29-17-7-4-13(8-18(17)28-3)9-19-21(27)25(22(31)32-19)14-5-6-15(23)16(24)10-14/h4-10,12H,11H2,1-3H3/b19-9+. The maximum Gasteiger partial charge on any atom is 0.344 e. The Hall–Kier alpha value is -2.26. The Bertz CT molecular complexity index is 1100. The maximum absolute atomic E-state index is 13.0. The fraction of sp³-hybridized carbons (Fsp3) is 0.227. The SMILES string of the molecule is COc1cc(/C=C2/SC(=S)N(c3ccc(Cl)c(Cl)c3)C2=O)ccc1OCC(=O)OC(C)C. The van der Waals surface area contributed by atoms with E-state index in [0.29, 0.717) is 42.0 Å². The monoisotopic (exact) mass is 511 g/mol. The summed E-state index contributed by atoms with van der Waals surface area (Å²) in [5.74, 6) is 0.0518. The lowest BCUT2D eigenvalue weighted by Gasteiger charge is -2.15. The Balaban J connectivity index is 1.79. The third-order valence-electron chi connectivity index (χ3n) is 4.15. The van der Waals surface area contributed by atoms with Crippen LogP contribution in [0.15, 0.2) is 41.3 Å². The molecule has 2 aromatic carbocycles. The van der Waals surface area contributed by atoms with Gasteiger partial charge in [-0.3, -0.25) is 9.69 Å². The van der Waals surface area contributed by atoms with Gasteiger partial charge in [0.1, 0.15) is 0 Å². The number of hydrogen-bond acceptors (Lipinski definition) is 7. The van der Waals surface area contributed by atoms with Crippen molar-refractivity contribution in [2.24, 2.45) is 0 Å². The molecule has 0 spiro atoms. The van der Waals surface area contributed by atoms with Crippen LogP contribution in [0.25, 0.3) is 6.08 Å². The molecule has 1 saturated heterocycles. The second kappa shape index (κ2) is 10.6. The van der Waals surface area contributed by atoms with Crippen molar-refractivity contribution in [1.82, 2.24) is 0 Å².